The van der Waals surface area contributed by atoms with E-state index in [9.17, 15) is 4.79 Å². The Morgan fingerprint density at radius 3 is 2.69 bits per heavy atom. The lowest BCUT2D eigenvalue weighted by Gasteiger charge is -2.21. The average molecular weight is 539 g/mol. The van der Waals surface area contributed by atoms with Gasteiger partial charge in [-0.1, -0.05) is 15.9 Å². The quantitative estimate of drug-likeness (QED) is 0.365. The second-order valence-corrected chi connectivity index (χ2v) is 8.98. The predicted octanol–water partition coefficient (Wildman–Crippen LogP) is 5.84. The Morgan fingerprint density at radius 2 is 1.89 bits per heavy atom. The number of carbonyl (C=O) groups is 1. The van der Waals surface area contributed by atoms with Crippen LogP contribution in [0, 0.1) is 6.92 Å². The molecule has 0 atom stereocenters. The van der Waals surface area contributed by atoms with Crippen LogP contribution in [-0.4, -0.2) is 26.8 Å². The fourth-order valence-electron chi connectivity index (χ4n) is 4.12. The van der Waals surface area contributed by atoms with Gasteiger partial charge in [-0.15, -0.1) is 0 Å². The number of carbonyl (C=O) groups excluding carboxylic acids is 1. The first-order chi connectivity index (χ1) is 17.0. The Hall–Kier alpha value is -3.49. The number of fused-ring (bicyclic) bond motifs is 2. The van der Waals surface area contributed by atoms with E-state index < -0.39 is 0 Å². The Bertz CT molecular complexity index is 1350. The highest BCUT2D eigenvalue weighted by atomic mass is 79.9. The summed E-state index contributed by atoms with van der Waals surface area (Å²) in [6, 6.07) is 12.8. The number of halogens is 1. The van der Waals surface area contributed by atoms with Crippen LogP contribution in [0.4, 0.5) is 0 Å². The van der Waals surface area contributed by atoms with Gasteiger partial charge in [-0.3, -0.25) is 4.79 Å². The number of hydrogen-bond donors (Lipinski definition) is 0. The molecule has 0 saturated carbocycles. The van der Waals surface area contributed by atoms with E-state index in [2.05, 4.69) is 15.9 Å². The summed E-state index contributed by atoms with van der Waals surface area (Å²) >= 11 is 3.53. The molecule has 2 heterocycles. The molecule has 35 heavy (non-hydrogen) atoms. The molecule has 0 aliphatic carbocycles. The van der Waals surface area contributed by atoms with Crippen molar-refractivity contribution in [2.45, 2.75) is 20.1 Å². The molecule has 0 fully saturated rings. The van der Waals surface area contributed by atoms with Crippen LogP contribution in [0.1, 0.15) is 32.6 Å². The van der Waals surface area contributed by atoms with Crippen LogP contribution in [0.3, 0.4) is 0 Å². The molecular formula is C27H23BrO7. The van der Waals surface area contributed by atoms with Crippen LogP contribution in [0.15, 0.2) is 52.7 Å². The number of allylic oxidation sites excluding steroid dienone is 1. The summed E-state index contributed by atoms with van der Waals surface area (Å²) in [6.07, 6.45) is 1.67. The van der Waals surface area contributed by atoms with Gasteiger partial charge in [0.05, 0.1) is 26.4 Å². The van der Waals surface area contributed by atoms with Crippen molar-refractivity contribution in [2.75, 3.05) is 21.0 Å². The molecule has 0 radical (unpaired) electrons. The molecule has 0 bridgehead atoms. The fourth-order valence-corrected chi connectivity index (χ4v) is 4.68. The summed E-state index contributed by atoms with van der Waals surface area (Å²) in [5, 5.41) is 0. The lowest BCUT2D eigenvalue weighted by Crippen LogP contribution is -2.14. The monoisotopic (exact) mass is 538 g/mol. The first-order valence-electron chi connectivity index (χ1n) is 10.9. The van der Waals surface area contributed by atoms with Crippen molar-refractivity contribution < 1.29 is 33.2 Å². The van der Waals surface area contributed by atoms with E-state index in [0.29, 0.717) is 47.3 Å². The number of hydrogen-bond acceptors (Lipinski definition) is 7. The highest BCUT2D eigenvalue weighted by Crippen LogP contribution is 2.41. The first kappa shape index (κ1) is 23.3. The number of ether oxygens (including phenoxy) is 6. The average Bonchev–Trinajstić information content (AvgIpc) is 3.19. The molecule has 0 spiro atoms. The van der Waals surface area contributed by atoms with Gasteiger partial charge < -0.3 is 28.4 Å². The molecule has 2 aliphatic heterocycles. The second kappa shape index (κ2) is 9.64. The highest BCUT2D eigenvalue weighted by molar-refractivity contribution is 9.10. The molecule has 0 saturated heterocycles. The van der Waals surface area contributed by atoms with Crippen molar-refractivity contribution in [3.05, 3.63) is 80.5 Å². The van der Waals surface area contributed by atoms with Crippen LogP contribution < -0.4 is 23.7 Å². The summed E-state index contributed by atoms with van der Waals surface area (Å²) in [5.41, 5.74) is 3.82. The van der Waals surface area contributed by atoms with Gasteiger partial charge in [-0.05, 0) is 49.4 Å². The summed E-state index contributed by atoms with van der Waals surface area (Å²) in [6.45, 7) is 2.87. The lowest BCUT2D eigenvalue weighted by molar-refractivity contribution is -0.0176. The van der Waals surface area contributed by atoms with E-state index in [4.69, 9.17) is 28.4 Å². The maximum Gasteiger partial charge on any atom is 0.231 e. The number of methoxy groups -OCH3 is 2. The van der Waals surface area contributed by atoms with E-state index in [1.165, 1.54) is 0 Å². The van der Waals surface area contributed by atoms with Gasteiger partial charge in [0.25, 0.3) is 0 Å². The van der Waals surface area contributed by atoms with Gasteiger partial charge in [-0.25, -0.2) is 0 Å². The Balaban J connectivity index is 1.40. The molecule has 180 valence electrons. The van der Waals surface area contributed by atoms with Gasteiger partial charge in [-0.2, -0.15) is 0 Å². The zero-order chi connectivity index (χ0) is 24.5. The summed E-state index contributed by atoms with van der Waals surface area (Å²) in [5.74, 6) is 3.17. The lowest BCUT2D eigenvalue weighted by atomic mass is 10.1. The fraction of sp³-hybridized carbons (Fsp3) is 0.222. The smallest absolute Gasteiger partial charge is 0.231 e. The Kier molecular flexibility index (Phi) is 6.40. The molecule has 0 aromatic heterocycles. The summed E-state index contributed by atoms with van der Waals surface area (Å²) in [4.78, 5) is 13.0. The number of benzene rings is 3. The van der Waals surface area contributed by atoms with Gasteiger partial charge in [0.1, 0.15) is 35.4 Å². The van der Waals surface area contributed by atoms with Crippen molar-refractivity contribution >= 4 is 27.8 Å². The molecular weight excluding hydrogens is 516 g/mol. The van der Waals surface area contributed by atoms with Gasteiger partial charge in [0.2, 0.25) is 5.78 Å². The molecule has 7 nitrogen and oxygen atoms in total. The molecule has 2 aliphatic rings. The minimum Gasteiger partial charge on any atom is -0.497 e. The molecule has 3 aromatic rings. The first-order valence-corrected chi connectivity index (χ1v) is 11.7. The minimum atomic E-state index is -0.193. The van der Waals surface area contributed by atoms with Crippen molar-refractivity contribution in [1.29, 1.82) is 0 Å². The maximum absolute atomic E-state index is 13.0. The van der Waals surface area contributed by atoms with E-state index in [1.807, 2.05) is 25.1 Å². The van der Waals surface area contributed by atoms with Crippen molar-refractivity contribution in [3.63, 3.8) is 0 Å². The Morgan fingerprint density at radius 1 is 1.03 bits per heavy atom. The maximum atomic E-state index is 13.0. The molecule has 0 N–H and O–H groups in total. The molecule has 5 rings (SSSR count). The molecule has 8 heteroatoms. The Labute approximate surface area is 211 Å². The number of rotatable bonds is 6. The second-order valence-electron chi connectivity index (χ2n) is 8.07. The van der Waals surface area contributed by atoms with E-state index in [1.54, 1.807) is 44.6 Å². The highest BCUT2D eigenvalue weighted by Gasteiger charge is 2.30. The normalized spacial score (nSPS) is 15.2. The third-order valence-electron chi connectivity index (χ3n) is 5.90. The third kappa shape index (κ3) is 4.47. The van der Waals surface area contributed by atoms with E-state index >= 15 is 0 Å². The van der Waals surface area contributed by atoms with Crippen LogP contribution >= 0.6 is 15.9 Å². The van der Waals surface area contributed by atoms with Gasteiger partial charge >= 0.3 is 0 Å². The van der Waals surface area contributed by atoms with Crippen LogP contribution in [-0.2, 0) is 18.0 Å². The summed E-state index contributed by atoms with van der Waals surface area (Å²) < 4.78 is 34.8. The summed E-state index contributed by atoms with van der Waals surface area (Å²) in [7, 11) is 3.15. The number of Topliss-reactive ketones (excluding diaryl/α,β-unsaturated/α-hetero) is 1. The molecule has 3 aromatic carbocycles. The number of ketones is 1. The van der Waals surface area contributed by atoms with Gasteiger partial charge in [0.15, 0.2) is 12.6 Å². The standard InChI is InChI=1S/C27H23BrO7/c1-15-22(33-13-18-9-19(28)8-17-12-32-14-34-27(17)18)7-6-21-25(29)24(35-26(15)21)10-16-4-5-20(30-2)11-23(16)31-3/h4-11H,12-14H2,1-3H3/b24-10-. The van der Waals surface area contributed by atoms with E-state index in [0.717, 1.165) is 26.9 Å². The van der Waals surface area contributed by atoms with Crippen LogP contribution in [0.2, 0.25) is 0 Å². The topological polar surface area (TPSA) is 72.5 Å². The van der Waals surface area contributed by atoms with Crippen LogP contribution in [0.5, 0.6) is 28.7 Å². The molecule has 0 unspecified atom stereocenters. The van der Waals surface area contributed by atoms with Crippen molar-refractivity contribution in [2.24, 2.45) is 0 Å². The van der Waals surface area contributed by atoms with Crippen LogP contribution in [0.25, 0.3) is 6.08 Å². The van der Waals surface area contributed by atoms with Gasteiger partial charge in [0, 0.05) is 32.8 Å². The largest absolute Gasteiger partial charge is 0.497 e. The predicted molar refractivity (Wildman–Crippen MR) is 132 cm³/mol. The zero-order valence-corrected chi connectivity index (χ0v) is 21.1. The van der Waals surface area contributed by atoms with Crippen molar-refractivity contribution in [3.8, 4) is 28.7 Å². The zero-order valence-electron chi connectivity index (χ0n) is 19.5. The third-order valence-corrected chi connectivity index (χ3v) is 6.36. The SMILES string of the molecule is COc1ccc(/C=C2\Oc3c(ccc(OCc4cc(Br)cc5c4OCOC5)c3C)C2=O)c(OC)c1. The molecule has 0 amide bonds. The minimum absolute atomic E-state index is 0.193. The van der Waals surface area contributed by atoms with Crippen molar-refractivity contribution in [1.82, 2.24) is 0 Å². The van der Waals surface area contributed by atoms with E-state index in [-0.39, 0.29) is 18.3 Å².